The van der Waals surface area contributed by atoms with Gasteiger partial charge in [-0.25, -0.2) is 9.78 Å². The number of urea groups is 1. The van der Waals surface area contributed by atoms with Crippen LogP contribution in [0.15, 0.2) is 18.6 Å². The van der Waals surface area contributed by atoms with E-state index in [1.165, 1.54) is 0 Å². The highest BCUT2D eigenvalue weighted by molar-refractivity contribution is 5.92. The van der Waals surface area contributed by atoms with Gasteiger partial charge in [-0.2, -0.15) is 0 Å². The fourth-order valence-corrected chi connectivity index (χ4v) is 1.12. The molecular weight excluding hydrogens is 156 g/mol. The molecule has 0 unspecified atom stereocenters. The summed E-state index contributed by atoms with van der Waals surface area (Å²) >= 11 is 0. The highest BCUT2D eigenvalue weighted by atomic mass is 16.2. The molecule has 1 aromatic heterocycles. The second kappa shape index (κ2) is 2.77. The highest BCUT2D eigenvalue weighted by Crippen LogP contribution is 2.09. The van der Waals surface area contributed by atoms with Crippen LogP contribution in [0.4, 0.5) is 10.6 Å². The van der Waals surface area contributed by atoms with Crippen LogP contribution in [0.5, 0.6) is 0 Å². The molecule has 1 fully saturated rings. The van der Waals surface area contributed by atoms with Crippen molar-refractivity contribution in [1.82, 2.24) is 15.3 Å². The van der Waals surface area contributed by atoms with Crippen LogP contribution in [0, 0.1) is 0 Å². The molecule has 1 N–H and O–H groups in total. The van der Waals surface area contributed by atoms with Gasteiger partial charge in [0.05, 0.1) is 6.20 Å². The summed E-state index contributed by atoms with van der Waals surface area (Å²) in [5.41, 5.74) is 0. The van der Waals surface area contributed by atoms with Crippen molar-refractivity contribution < 1.29 is 4.79 Å². The lowest BCUT2D eigenvalue weighted by atomic mass is 10.5. The summed E-state index contributed by atoms with van der Waals surface area (Å²) in [6.07, 6.45) is 4.73. The van der Waals surface area contributed by atoms with Crippen molar-refractivity contribution in [2.45, 2.75) is 0 Å². The van der Waals surface area contributed by atoms with Crippen molar-refractivity contribution in [3.8, 4) is 0 Å². The van der Waals surface area contributed by atoms with E-state index in [-0.39, 0.29) is 6.03 Å². The number of aromatic nitrogens is 2. The molecule has 0 radical (unpaired) electrons. The summed E-state index contributed by atoms with van der Waals surface area (Å²) in [7, 11) is 0. The maximum Gasteiger partial charge on any atom is 0.323 e. The van der Waals surface area contributed by atoms with Crippen molar-refractivity contribution in [2.24, 2.45) is 0 Å². The number of amides is 2. The van der Waals surface area contributed by atoms with Gasteiger partial charge in [-0.1, -0.05) is 0 Å². The van der Waals surface area contributed by atoms with Crippen LogP contribution >= 0.6 is 0 Å². The monoisotopic (exact) mass is 164 g/mol. The van der Waals surface area contributed by atoms with Crippen molar-refractivity contribution in [3.05, 3.63) is 18.6 Å². The van der Waals surface area contributed by atoms with Crippen LogP contribution in [-0.4, -0.2) is 29.1 Å². The summed E-state index contributed by atoms with van der Waals surface area (Å²) < 4.78 is 0. The Hall–Kier alpha value is -1.65. The second-order valence-electron chi connectivity index (χ2n) is 2.45. The van der Waals surface area contributed by atoms with Gasteiger partial charge in [0, 0.05) is 25.5 Å². The predicted octanol–water partition coefficient (Wildman–Crippen LogP) is 0.00620. The first-order valence-corrected chi connectivity index (χ1v) is 3.69. The zero-order valence-corrected chi connectivity index (χ0v) is 6.40. The predicted molar refractivity (Wildman–Crippen MR) is 42.8 cm³/mol. The molecular formula is C7H8N4O. The maximum absolute atomic E-state index is 11.1. The van der Waals surface area contributed by atoms with Crippen LogP contribution in [0.25, 0.3) is 0 Å². The molecule has 0 bridgehead atoms. The Morgan fingerprint density at radius 2 is 2.42 bits per heavy atom. The lowest BCUT2D eigenvalue weighted by Crippen LogP contribution is -2.28. The fourth-order valence-electron chi connectivity index (χ4n) is 1.12. The fraction of sp³-hybridized carbons (Fsp3) is 0.286. The minimum atomic E-state index is -0.101. The van der Waals surface area contributed by atoms with Gasteiger partial charge in [0.25, 0.3) is 0 Å². The third kappa shape index (κ3) is 1.09. The summed E-state index contributed by atoms with van der Waals surface area (Å²) in [6.45, 7) is 1.34. The largest absolute Gasteiger partial charge is 0.336 e. The molecule has 2 rings (SSSR count). The number of carbonyl (C=O) groups excluding carboxylic acids is 1. The number of rotatable bonds is 1. The summed E-state index contributed by atoms with van der Waals surface area (Å²) in [6, 6.07) is -0.101. The number of hydrogen-bond donors (Lipinski definition) is 1. The average molecular weight is 164 g/mol. The highest BCUT2D eigenvalue weighted by Gasteiger charge is 2.21. The van der Waals surface area contributed by atoms with E-state index in [9.17, 15) is 4.79 Å². The first-order valence-electron chi connectivity index (χ1n) is 3.69. The molecule has 0 aromatic carbocycles. The molecule has 0 spiro atoms. The third-order valence-corrected chi connectivity index (χ3v) is 1.68. The van der Waals surface area contributed by atoms with E-state index in [2.05, 4.69) is 15.3 Å². The minimum absolute atomic E-state index is 0.101. The Balaban J connectivity index is 2.25. The number of hydrogen-bond acceptors (Lipinski definition) is 3. The normalized spacial score (nSPS) is 16.3. The van der Waals surface area contributed by atoms with Gasteiger partial charge in [-0.3, -0.25) is 9.88 Å². The standard InChI is InChI=1S/C7H8N4O/c12-7-10-3-4-11(7)6-5-8-1-2-9-6/h1-2,5H,3-4H2,(H,10,12). The molecule has 1 aliphatic rings. The number of anilines is 1. The Morgan fingerprint density at radius 1 is 1.50 bits per heavy atom. The van der Waals surface area contributed by atoms with E-state index in [1.54, 1.807) is 23.5 Å². The van der Waals surface area contributed by atoms with Gasteiger partial charge in [-0.05, 0) is 0 Å². The zero-order chi connectivity index (χ0) is 8.39. The average Bonchev–Trinajstić information content (AvgIpc) is 2.53. The van der Waals surface area contributed by atoms with Crippen molar-refractivity contribution >= 4 is 11.8 Å². The molecule has 0 saturated carbocycles. The van der Waals surface area contributed by atoms with E-state index < -0.39 is 0 Å². The lowest BCUT2D eigenvalue weighted by molar-refractivity contribution is 0.252. The van der Waals surface area contributed by atoms with Crippen molar-refractivity contribution in [3.63, 3.8) is 0 Å². The van der Waals surface area contributed by atoms with Gasteiger partial charge in [0.1, 0.15) is 0 Å². The van der Waals surface area contributed by atoms with E-state index in [0.29, 0.717) is 18.9 Å². The smallest absolute Gasteiger partial charge is 0.323 e. The first-order chi connectivity index (χ1) is 5.88. The van der Waals surface area contributed by atoms with Gasteiger partial charge in [-0.15, -0.1) is 0 Å². The van der Waals surface area contributed by atoms with E-state index in [4.69, 9.17) is 0 Å². The Morgan fingerprint density at radius 3 is 3.00 bits per heavy atom. The van der Waals surface area contributed by atoms with Crippen LogP contribution in [0.1, 0.15) is 0 Å². The molecule has 1 aliphatic heterocycles. The van der Waals surface area contributed by atoms with Crippen molar-refractivity contribution in [2.75, 3.05) is 18.0 Å². The summed E-state index contributed by atoms with van der Waals surface area (Å²) in [5, 5.41) is 2.69. The summed E-state index contributed by atoms with van der Waals surface area (Å²) in [5.74, 6) is 0.604. The van der Waals surface area contributed by atoms with Gasteiger partial charge >= 0.3 is 6.03 Å². The Kier molecular flexibility index (Phi) is 1.62. The van der Waals surface area contributed by atoms with Crippen LogP contribution in [0.2, 0.25) is 0 Å². The maximum atomic E-state index is 11.1. The Labute approximate surface area is 69.4 Å². The molecule has 0 atom stereocenters. The second-order valence-corrected chi connectivity index (χ2v) is 2.45. The van der Waals surface area contributed by atoms with Crippen LogP contribution < -0.4 is 10.2 Å². The number of carbonyl (C=O) groups is 1. The molecule has 62 valence electrons. The SMILES string of the molecule is O=C1NCCN1c1cnccn1. The molecule has 5 nitrogen and oxygen atoms in total. The lowest BCUT2D eigenvalue weighted by Gasteiger charge is -2.10. The minimum Gasteiger partial charge on any atom is -0.336 e. The van der Waals surface area contributed by atoms with E-state index in [0.717, 1.165) is 0 Å². The molecule has 0 aliphatic carbocycles. The topological polar surface area (TPSA) is 58.1 Å². The molecule has 1 saturated heterocycles. The zero-order valence-electron chi connectivity index (χ0n) is 6.40. The number of nitrogens with one attached hydrogen (secondary N) is 1. The first kappa shape index (κ1) is 7.02. The molecule has 2 amide bonds. The molecule has 1 aromatic rings. The molecule has 2 heterocycles. The van der Waals surface area contributed by atoms with Gasteiger partial charge < -0.3 is 5.32 Å². The van der Waals surface area contributed by atoms with E-state index in [1.807, 2.05) is 0 Å². The molecule has 5 heteroatoms. The summed E-state index contributed by atoms with van der Waals surface area (Å²) in [4.78, 5) is 20.6. The van der Waals surface area contributed by atoms with Crippen LogP contribution in [0.3, 0.4) is 0 Å². The quantitative estimate of drug-likeness (QED) is 0.635. The van der Waals surface area contributed by atoms with Crippen molar-refractivity contribution in [1.29, 1.82) is 0 Å². The van der Waals surface area contributed by atoms with Gasteiger partial charge in [0.2, 0.25) is 0 Å². The van der Waals surface area contributed by atoms with E-state index >= 15 is 0 Å². The third-order valence-electron chi connectivity index (χ3n) is 1.68. The van der Waals surface area contributed by atoms with Crippen LogP contribution in [-0.2, 0) is 0 Å². The number of nitrogens with zero attached hydrogens (tertiary/aromatic N) is 3. The van der Waals surface area contributed by atoms with Gasteiger partial charge in [0.15, 0.2) is 5.82 Å². The Bertz CT molecular complexity index is 287. The molecule has 12 heavy (non-hydrogen) atoms.